The Morgan fingerprint density at radius 3 is 2.45 bits per heavy atom. The average molecular weight is 333 g/mol. The zero-order valence-corrected chi connectivity index (χ0v) is 13.1. The van der Waals surface area contributed by atoms with Crippen molar-refractivity contribution in [2.45, 2.75) is 19.9 Å². The van der Waals surface area contributed by atoms with Crippen molar-refractivity contribution in [1.29, 1.82) is 0 Å². The van der Waals surface area contributed by atoms with Gasteiger partial charge >= 0.3 is 0 Å². The molecule has 0 aliphatic heterocycles. The van der Waals surface area contributed by atoms with Gasteiger partial charge in [0.1, 0.15) is 0 Å². The summed E-state index contributed by atoms with van der Waals surface area (Å²) in [5.74, 6) is -0.164. The normalized spacial score (nSPS) is 11.9. The molecule has 0 fully saturated rings. The molecule has 0 aliphatic rings. The van der Waals surface area contributed by atoms with Crippen LogP contribution in [0.1, 0.15) is 34.5 Å². The van der Waals surface area contributed by atoms with E-state index in [9.17, 15) is 4.79 Å². The van der Waals surface area contributed by atoms with Gasteiger partial charge in [0.15, 0.2) is 0 Å². The Kier molecular flexibility index (Phi) is 4.45. The minimum atomic E-state index is -0.164. The minimum Gasteiger partial charge on any atom is -0.398 e. The second-order valence-corrected chi connectivity index (χ2v) is 5.75. The predicted molar refractivity (Wildman–Crippen MR) is 85.6 cm³/mol. The van der Waals surface area contributed by atoms with Gasteiger partial charge in [0, 0.05) is 10.2 Å². The maximum Gasteiger partial charge on any atom is 0.253 e. The van der Waals surface area contributed by atoms with Gasteiger partial charge in [-0.3, -0.25) is 4.79 Å². The Morgan fingerprint density at radius 2 is 1.85 bits per heavy atom. The molecule has 0 unspecified atom stereocenters. The van der Waals surface area contributed by atoms with Crippen molar-refractivity contribution in [3.05, 3.63) is 63.6 Å². The van der Waals surface area contributed by atoms with Crippen LogP contribution in [-0.2, 0) is 0 Å². The number of nitrogens with two attached hydrogens (primary N) is 1. The van der Waals surface area contributed by atoms with Gasteiger partial charge in [0.2, 0.25) is 0 Å². The number of halogens is 1. The first-order valence-electron chi connectivity index (χ1n) is 6.40. The maximum absolute atomic E-state index is 12.2. The van der Waals surface area contributed by atoms with E-state index in [1.165, 1.54) is 5.56 Å². The molecule has 0 bridgehead atoms. The molecule has 3 N–H and O–H groups in total. The quantitative estimate of drug-likeness (QED) is 0.839. The van der Waals surface area contributed by atoms with Crippen molar-refractivity contribution in [3.8, 4) is 0 Å². The molecule has 2 rings (SSSR count). The predicted octanol–water partition coefficient (Wildman–Crippen LogP) is 3.83. The molecule has 3 nitrogen and oxygen atoms in total. The number of rotatable bonds is 3. The Hall–Kier alpha value is -1.81. The van der Waals surface area contributed by atoms with Crippen LogP contribution in [0, 0.1) is 6.92 Å². The first-order valence-corrected chi connectivity index (χ1v) is 7.19. The number of hydrogen-bond acceptors (Lipinski definition) is 2. The number of amides is 1. The number of benzene rings is 2. The molecule has 0 saturated heterocycles. The van der Waals surface area contributed by atoms with Gasteiger partial charge in [-0.2, -0.15) is 0 Å². The molecule has 0 heterocycles. The van der Waals surface area contributed by atoms with Crippen molar-refractivity contribution >= 4 is 27.5 Å². The molecule has 4 heteroatoms. The van der Waals surface area contributed by atoms with Gasteiger partial charge in [-0.05, 0) is 37.6 Å². The zero-order valence-electron chi connectivity index (χ0n) is 11.5. The Morgan fingerprint density at radius 1 is 1.20 bits per heavy atom. The Labute approximate surface area is 127 Å². The molecular weight excluding hydrogens is 316 g/mol. The van der Waals surface area contributed by atoms with Crippen molar-refractivity contribution < 1.29 is 4.79 Å². The van der Waals surface area contributed by atoms with Gasteiger partial charge in [0.05, 0.1) is 11.6 Å². The maximum atomic E-state index is 12.2. The van der Waals surface area contributed by atoms with E-state index in [0.717, 1.165) is 10.0 Å². The van der Waals surface area contributed by atoms with E-state index < -0.39 is 0 Å². The molecule has 2 aromatic carbocycles. The zero-order chi connectivity index (χ0) is 14.7. The molecule has 20 heavy (non-hydrogen) atoms. The summed E-state index contributed by atoms with van der Waals surface area (Å²) < 4.78 is 0.859. The van der Waals surface area contributed by atoms with Crippen LogP contribution < -0.4 is 11.1 Å². The standard InChI is InChI=1S/C16H17BrN2O/c1-10-3-5-12(6-4-10)11(2)19-16(20)14-8-7-13(17)9-15(14)18/h3-9,11H,18H2,1-2H3,(H,19,20)/t11-/m0/s1. The van der Waals surface area contributed by atoms with E-state index in [2.05, 4.69) is 21.2 Å². The molecule has 104 valence electrons. The largest absolute Gasteiger partial charge is 0.398 e. The van der Waals surface area contributed by atoms with Crippen LogP contribution >= 0.6 is 15.9 Å². The third-order valence-corrected chi connectivity index (χ3v) is 3.68. The van der Waals surface area contributed by atoms with Crippen LogP contribution in [0.3, 0.4) is 0 Å². The fraction of sp³-hybridized carbons (Fsp3) is 0.188. The smallest absolute Gasteiger partial charge is 0.253 e. The third kappa shape index (κ3) is 3.39. The van der Waals surface area contributed by atoms with E-state index in [0.29, 0.717) is 11.3 Å². The highest BCUT2D eigenvalue weighted by atomic mass is 79.9. The van der Waals surface area contributed by atoms with Gasteiger partial charge in [0.25, 0.3) is 5.91 Å². The summed E-state index contributed by atoms with van der Waals surface area (Å²) in [6, 6.07) is 13.3. The van der Waals surface area contributed by atoms with Crippen LogP contribution in [0.5, 0.6) is 0 Å². The number of hydrogen-bond donors (Lipinski definition) is 2. The SMILES string of the molecule is Cc1ccc([C@H](C)NC(=O)c2ccc(Br)cc2N)cc1. The van der Waals surface area contributed by atoms with E-state index in [1.54, 1.807) is 12.1 Å². The third-order valence-electron chi connectivity index (χ3n) is 3.18. The first-order chi connectivity index (χ1) is 9.47. The van der Waals surface area contributed by atoms with Crippen molar-refractivity contribution in [3.63, 3.8) is 0 Å². The van der Waals surface area contributed by atoms with E-state index in [-0.39, 0.29) is 11.9 Å². The second-order valence-electron chi connectivity index (χ2n) is 4.84. The molecule has 2 aromatic rings. The van der Waals surface area contributed by atoms with Gasteiger partial charge in [-0.15, -0.1) is 0 Å². The summed E-state index contributed by atoms with van der Waals surface area (Å²) in [6.45, 7) is 3.99. The van der Waals surface area contributed by atoms with Crippen LogP contribution in [0.25, 0.3) is 0 Å². The molecule has 0 aliphatic carbocycles. The Balaban J connectivity index is 2.13. The lowest BCUT2D eigenvalue weighted by atomic mass is 10.1. The molecule has 0 radical (unpaired) electrons. The monoisotopic (exact) mass is 332 g/mol. The molecule has 1 atom stereocenters. The number of aryl methyl sites for hydroxylation is 1. The highest BCUT2D eigenvalue weighted by molar-refractivity contribution is 9.10. The molecular formula is C16H17BrN2O. The van der Waals surface area contributed by atoms with Gasteiger partial charge in [-0.25, -0.2) is 0 Å². The van der Waals surface area contributed by atoms with E-state index in [4.69, 9.17) is 5.73 Å². The molecule has 0 aromatic heterocycles. The van der Waals surface area contributed by atoms with Crippen molar-refractivity contribution in [1.82, 2.24) is 5.32 Å². The van der Waals surface area contributed by atoms with Gasteiger partial charge < -0.3 is 11.1 Å². The summed E-state index contributed by atoms with van der Waals surface area (Å²) in [6.07, 6.45) is 0. The Bertz CT molecular complexity index is 623. The number of nitrogen functional groups attached to an aromatic ring is 1. The minimum absolute atomic E-state index is 0.0638. The van der Waals surface area contributed by atoms with Crippen LogP contribution in [0.4, 0.5) is 5.69 Å². The number of carbonyl (C=O) groups is 1. The lowest BCUT2D eigenvalue weighted by Gasteiger charge is -2.15. The van der Waals surface area contributed by atoms with Crippen LogP contribution in [0.15, 0.2) is 46.9 Å². The lowest BCUT2D eigenvalue weighted by molar-refractivity contribution is 0.0941. The summed E-state index contributed by atoms with van der Waals surface area (Å²) in [5.41, 5.74) is 9.09. The summed E-state index contributed by atoms with van der Waals surface area (Å²) in [4.78, 5) is 12.2. The topological polar surface area (TPSA) is 55.1 Å². The molecule has 0 spiro atoms. The highest BCUT2D eigenvalue weighted by Gasteiger charge is 2.13. The summed E-state index contributed by atoms with van der Waals surface area (Å²) in [7, 11) is 0. The number of nitrogens with one attached hydrogen (secondary N) is 1. The number of carbonyl (C=O) groups excluding carboxylic acids is 1. The summed E-state index contributed by atoms with van der Waals surface area (Å²) in [5, 5.41) is 2.96. The molecule has 0 saturated carbocycles. The van der Waals surface area contributed by atoms with Crippen molar-refractivity contribution in [2.24, 2.45) is 0 Å². The van der Waals surface area contributed by atoms with Crippen molar-refractivity contribution in [2.75, 3.05) is 5.73 Å². The summed E-state index contributed by atoms with van der Waals surface area (Å²) >= 11 is 3.33. The number of anilines is 1. The fourth-order valence-corrected chi connectivity index (χ4v) is 2.33. The lowest BCUT2D eigenvalue weighted by Crippen LogP contribution is -2.27. The van der Waals surface area contributed by atoms with E-state index in [1.807, 2.05) is 44.2 Å². The van der Waals surface area contributed by atoms with Gasteiger partial charge in [-0.1, -0.05) is 45.8 Å². The average Bonchev–Trinajstić information content (AvgIpc) is 2.39. The second kappa shape index (κ2) is 6.09. The van der Waals surface area contributed by atoms with E-state index >= 15 is 0 Å². The highest BCUT2D eigenvalue weighted by Crippen LogP contribution is 2.20. The van der Waals surface area contributed by atoms with Crippen LogP contribution in [0.2, 0.25) is 0 Å². The van der Waals surface area contributed by atoms with Crippen LogP contribution in [-0.4, -0.2) is 5.91 Å². The fourth-order valence-electron chi connectivity index (χ4n) is 1.95. The molecule has 1 amide bonds. The first kappa shape index (κ1) is 14.6.